The van der Waals surface area contributed by atoms with Crippen molar-refractivity contribution in [2.24, 2.45) is 7.05 Å². The molecule has 9 heteroatoms. The van der Waals surface area contributed by atoms with E-state index < -0.39 is 21.9 Å². The van der Waals surface area contributed by atoms with Crippen LogP contribution in [0.3, 0.4) is 0 Å². The molecule has 0 fully saturated rings. The highest BCUT2D eigenvalue weighted by Gasteiger charge is 2.25. The van der Waals surface area contributed by atoms with Crippen LogP contribution >= 0.6 is 0 Å². The summed E-state index contributed by atoms with van der Waals surface area (Å²) in [5.41, 5.74) is 1.04. The number of sulfonamides is 1. The Morgan fingerprint density at radius 1 is 1.15 bits per heavy atom. The highest BCUT2D eigenvalue weighted by molar-refractivity contribution is 7.89. The van der Waals surface area contributed by atoms with E-state index in [9.17, 15) is 18.0 Å². The fourth-order valence-corrected chi connectivity index (χ4v) is 4.15. The standard InChI is InChI=1S/C18H23N3O5S/c1-5-21(6-2)27(24,25)15-11-16(20(3)12-15)17(22)19-14-9-7-13(8-10-14)18(23)26-4/h7-12H,5-6H2,1-4H3,(H,19,22). The number of aromatic nitrogens is 1. The zero-order valence-electron chi connectivity index (χ0n) is 15.7. The third-order valence-corrected chi connectivity index (χ3v) is 6.13. The Balaban J connectivity index is 2.23. The van der Waals surface area contributed by atoms with E-state index in [1.807, 2.05) is 0 Å². The molecule has 1 N–H and O–H groups in total. The molecule has 0 saturated carbocycles. The molecule has 27 heavy (non-hydrogen) atoms. The summed E-state index contributed by atoms with van der Waals surface area (Å²) in [5, 5.41) is 2.68. The summed E-state index contributed by atoms with van der Waals surface area (Å²) in [6, 6.07) is 7.55. The molecule has 0 radical (unpaired) electrons. The number of hydrogen-bond acceptors (Lipinski definition) is 5. The van der Waals surface area contributed by atoms with Gasteiger partial charge in [-0.15, -0.1) is 0 Å². The van der Waals surface area contributed by atoms with Crippen LogP contribution in [0.2, 0.25) is 0 Å². The molecule has 1 heterocycles. The Kier molecular flexibility index (Phi) is 6.40. The first-order valence-corrected chi connectivity index (χ1v) is 9.84. The van der Waals surface area contributed by atoms with E-state index in [1.54, 1.807) is 33.0 Å². The van der Waals surface area contributed by atoms with Gasteiger partial charge in [0, 0.05) is 32.0 Å². The van der Waals surface area contributed by atoms with Gasteiger partial charge in [-0.1, -0.05) is 13.8 Å². The molecule has 0 aliphatic rings. The average molecular weight is 393 g/mol. The van der Waals surface area contributed by atoms with Crippen molar-refractivity contribution >= 4 is 27.6 Å². The summed E-state index contributed by atoms with van der Waals surface area (Å²) in [4.78, 5) is 24.0. The minimum absolute atomic E-state index is 0.0693. The molecule has 1 aromatic heterocycles. The van der Waals surface area contributed by atoms with Crippen molar-refractivity contribution < 1.29 is 22.7 Å². The molecule has 0 bridgehead atoms. The first-order valence-electron chi connectivity index (χ1n) is 8.40. The monoisotopic (exact) mass is 393 g/mol. The van der Waals surface area contributed by atoms with Crippen LogP contribution in [-0.2, 0) is 21.8 Å². The van der Waals surface area contributed by atoms with Gasteiger partial charge in [0.2, 0.25) is 10.0 Å². The summed E-state index contributed by atoms with van der Waals surface area (Å²) < 4.78 is 32.6. The van der Waals surface area contributed by atoms with Crippen molar-refractivity contribution in [2.45, 2.75) is 18.7 Å². The summed E-state index contributed by atoms with van der Waals surface area (Å²) in [6.45, 7) is 4.22. The fourth-order valence-electron chi connectivity index (χ4n) is 2.62. The van der Waals surface area contributed by atoms with Crippen LogP contribution in [0.4, 0.5) is 5.69 Å². The van der Waals surface area contributed by atoms with Crippen molar-refractivity contribution in [3.63, 3.8) is 0 Å². The molecule has 0 aliphatic heterocycles. The number of carbonyl (C=O) groups is 2. The molecule has 1 aromatic carbocycles. The number of aryl methyl sites for hydroxylation is 1. The van der Waals surface area contributed by atoms with E-state index in [2.05, 4.69) is 10.1 Å². The second kappa shape index (κ2) is 8.36. The number of benzene rings is 1. The van der Waals surface area contributed by atoms with Crippen molar-refractivity contribution in [1.29, 1.82) is 0 Å². The topological polar surface area (TPSA) is 97.7 Å². The number of esters is 1. The Labute approximate surface area is 158 Å². The maximum atomic E-state index is 12.6. The van der Waals surface area contributed by atoms with Crippen LogP contribution in [0.1, 0.15) is 34.7 Å². The van der Waals surface area contributed by atoms with Crippen molar-refractivity contribution in [1.82, 2.24) is 8.87 Å². The second-order valence-corrected chi connectivity index (χ2v) is 7.72. The zero-order valence-corrected chi connectivity index (χ0v) is 16.5. The lowest BCUT2D eigenvalue weighted by Crippen LogP contribution is -2.30. The molecule has 0 atom stereocenters. The number of anilines is 1. The predicted octanol–water partition coefficient (Wildman–Crippen LogP) is 2.09. The first kappa shape index (κ1) is 20.7. The van der Waals surface area contributed by atoms with Gasteiger partial charge >= 0.3 is 5.97 Å². The van der Waals surface area contributed by atoms with Gasteiger partial charge in [0.25, 0.3) is 5.91 Å². The summed E-state index contributed by atoms with van der Waals surface area (Å²) in [6.07, 6.45) is 1.42. The van der Waals surface area contributed by atoms with Crippen LogP contribution in [-0.4, -0.2) is 49.4 Å². The van der Waals surface area contributed by atoms with Gasteiger partial charge in [0.15, 0.2) is 0 Å². The molecule has 2 aromatic rings. The fraction of sp³-hybridized carbons (Fsp3) is 0.333. The van der Waals surface area contributed by atoms with Gasteiger partial charge in [0.05, 0.1) is 12.7 Å². The van der Waals surface area contributed by atoms with E-state index in [1.165, 1.54) is 40.4 Å². The van der Waals surface area contributed by atoms with E-state index in [4.69, 9.17) is 0 Å². The third-order valence-electron chi connectivity index (χ3n) is 4.12. The number of nitrogens with one attached hydrogen (secondary N) is 1. The average Bonchev–Trinajstić information content (AvgIpc) is 3.05. The van der Waals surface area contributed by atoms with E-state index in [0.29, 0.717) is 24.3 Å². The first-order chi connectivity index (χ1) is 12.7. The number of rotatable bonds is 7. The number of amides is 1. The normalized spacial score (nSPS) is 11.4. The lowest BCUT2D eigenvalue weighted by molar-refractivity contribution is 0.0600. The number of ether oxygens (including phenoxy) is 1. The molecule has 1 amide bonds. The molecular formula is C18H23N3O5S. The quantitative estimate of drug-likeness (QED) is 0.727. The van der Waals surface area contributed by atoms with Crippen molar-refractivity contribution in [3.8, 4) is 0 Å². The molecule has 8 nitrogen and oxygen atoms in total. The van der Waals surface area contributed by atoms with Crippen LogP contribution in [0, 0.1) is 0 Å². The molecule has 0 saturated heterocycles. The maximum Gasteiger partial charge on any atom is 0.337 e. The molecule has 0 spiro atoms. The van der Waals surface area contributed by atoms with Crippen molar-refractivity contribution in [3.05, 3.63) is 47.8 Å². The van der Waals surface area contributed by atoms with E-state index in [-0.39, 0.29) is 10.6 Å². The Morgan fingerprint density at radius 3 is 2.26 bits per heavy atom. The molecule has 0 aliphatic carbocycles. The van der Waals surface area contributed by atoms with Gasteiger partial charge in [-0.05, 0) is 30.3 Å². The predicted molar refractivity (Wildman–Crippen MR) is 101 cm³/mol. The number of carbonyl (C=O) groups excluding carboxylic acids is 2. The van der Waals surface area contributed by atoms with Crippen LogP contribution < -0.4 is 5.32 Å². The second-order valence-electron chi connectivity index (χ2n) is 5.78. The Hall–Kier alpha value is -2.65. The Morgan fingerprint density at radius 2 is 1.74 bits per heavy atom. The highest BCUT2D eigenvalue weighted by Crippen LogP contribution is 2.19. The van der Waals surface area contributed by atoms with Gasteiger partial charge < -0.3 is 14.6 Å². The number of methoxy groups -OCH3 is 1. The lowest BCUT2D eigenvalue weighted by Gasteiger charge is -2.17. The lowest BCUT2D eigenvalue weighted by atomic mass is 10.2. The van der Waals surface area contributed by atoms with Crippen LogP contribution in [0.15, 0.2) is 41.4 Å². The highest BCUT2D eigenvalue weighted by atomic mass is 32.2. The SMILES string of the molecule is CCN(CC)S(=O)(=O)c1cc(C(=O)Nc2ccc(C(=O)OC)cc2)n(C)c1. The minimum Gasteiger partial charge on any atom is -0.465 e. The summed E-state index contributed by atoms with van der Waals surface area (Å²) in [5.74, 6) is -0.925. The molecular weight excluding hydrogens is 370 g/mol. The van der Waals surface area contributed by atoms with E-state index >= 15 is 0 Å². The van der Waals surface area contributed by atoms with Crippen LogP contribution in [0.25, 0.3) is 0 Å². The molecule has 0 unspecified atom stereocenters. The maximum absolute atomic E-state index is 12.6. The van der Waals surface area contributed by atoms with Gasteiger partial charge in [0.1, 0.15) is 10.6 Å². The smallest absolute Gasteiger partial charge is 0.337 e. The van der Waals surface area contributed by atoms with Gasteiger partial charge in [-0.2, -0.15) is 4.31 Å². The third kappa shape index (κ3) is 4.37. The largest absolute Gasteiger partial charge is 0.465 e. The number of nitrogens with zero attached hydrogens (tertiary/aromatic N) is 2. The summed E-state index contributed by atoms with van der Waals surface area (Å²) >= 11 is 0. The van der Waals surface area contributed by atoms with Crippen LogP contribution in [0.5, 0.6) is 0 Å². The van der Waals surface area contributed by atoms with Gasteiger partial charge in [-0.25, -0.2) is 13.2 Å². The van der Waals surface area contributed by atoms with E-state index in [0.717, 1.165) is 0 Å². The number of hydrogen-bond donors (Lipinski definition) is 1. The van der Waals surface area contributed by atoms with Gasteiger partial charge in [-0.3, -0.25) is 4.79 Å². The minimum atomic E-state index is -3.65. The summed E-state index contributed by atoms with van der Waals surface area (Å²) in [7, 11) is -0.750. The zero-order chi connectivity index (χ0) is 20.2. The van der Waals surface area contributed by atoms with Crippen molar-refractivity contribution in [2.75, 3.05) is 25.5 Å². The molecule has 2 rings (SSSR count). The Bertz CT molecular complexity index is 928. The molecule has 146 valence electrons.